The molecule has 7 heteroatoms. The van der Waals surface area contributed by atoms with Gasteiger partial charge in [-0.15, -0.1) is 0 Å². The minimum Gasteiger partial charge on any atom is -0.356 e. The summed E-state index contributed by atoms with van der Waals surface area (Å²) in [6.07, 6.45) is 2.88. The zero-order chi connectivity index (χ0) is 17.5. The van der Waals surface area contributed by atoms with E-state index in [0.29, 0.717) is 0 Å². The van der Waals surface area contributed by atoms with Gasteiger partial charge in [0.05, 0.1) is 6.26 Å². The van der Waals surface area contributed by atoms with Crippen LogP contribution in [0.5, 0.6) is 0 Å². The van der Waals surface area contributed by atoms with Crippen LogP contribution in [0.3, 0.4) is 0 Å². The van der Waals surface area contributed by atoms with Gasteiger partial charge in [0.1, 0.15) is 5.82 Å². The van der Waals surface area contributed by atoms with Crippen LogP contribution in [0.1, 0.15) is 24.1 Å². The highest BCUT2D eigenvalue weighted by Crippen LogP contribution is 2.24. The molecule has 1 aliphatic rings. The molecule has 0 aromatic carbocycles. The molecular formula is C17H24N4O2S. The highest BCUT2D eigenvalue weighted by Gasteiger charge is 2.27. The highest BCUT2D eigenvalue weighted by atomic mass is 32.2. The van der Waals surface area contributed by atoms with Gasteiger partial charge in [-0.3, -0.25) is 0 Å². The van der Waals surface area contributed by atoms with Gasteiger partial charge in [-0.05, 0) is 50.5 Å². The van der Waals surface area contributed by atoms with Crippen LogP contribution in [0, 0.1) is 13.8 Å². The molecule has 0 N–H and O–H groups in total. The third-order valence-corrected chi connectivity index (χ3v) is 6.16. The number of nitrogens with zero attached hydrogens (tertiary/aromatic N) is 4. The van der Waals surface area contributed by atoms with Gasteiger partial charge in [0.15, 0.2) is 5.65 Å². The lowest BCUT2D eigenvalue weighted by atomic mass is 10.1. The number of piperidine rings is 1. The number of anilines is 1. The highest BCUT2D eigenvalue weighted by molar-refractivity contribution is 7.88. The first kappa shape index (κ1) is 17.1. The van der Waals surface area contributed by atoms with Crippen molar-refractivity contribution >= 4 is 26.9 Å². The summed E-state index contributed by atoms with van der Waals surface area (Å²) < 4.78 is 24.9. The first-order chi connectivity index (χ1) is 11.3. The molecule has 0 atom stereocenters. The van der Waals surface area contributed by atoms with Crippen molar-refractivity contribution in [3.8, 4) is 0 Å². The molecular weight excluding hydrogens is 324 g/mol. The minimum absolute atomic E-state index is 0.0688. The Hall–Kier alpha value is -1.73. The molecule has 3 heterocycles. The number of hydrogen-bond acceptors (Lipinski definition) is 5. The fraction of sp³-hybridized carbons (Fsp3) is 0.529. The molecule has 1 aliphatic heterocycles. The standard InChI is InChI=1S/C17H24N4O2S/c1-12-11-13(2)18-17-15(12)5-6-16(19-17)21-9-7-14(8-10-21)20(3)24(4,22)23/h5-6,11,14H,7-10H2,1-4H3. The van der Waals surface area contributed by atoms with Crippen molar-refractivity contribution in [3.05, 3.63) is 29.5 Å². The molecule has 1 saturated heterocycles. The van der Waals surface area contributed by atoms with Gasteiger partial charge in [-0.2, -0.15) is 0 Å². The van der Waals surface area contributed by atoms with Gasteiger partial charge in [0.25, 0.3) is 0 Å². The van der Waals surface area contributed by atoms with E-state index in [0.717, 1.165) is 48.5 Å². The number of sulfonamides is 1. The van der Waals surface area contributed by atoms with E-state index in [9.17, 15) is 8.42 Å². The van der Waals surface area contributed by atoms with E-state index in [1.54, 1.807) is 7.05 Å². The number of aryl methyl sites for hydroxylation is 2. The maximum atomic E-state index is 11.7. The minimum atomic E-state index is -3.13. The van der Waals surface area contributed by atoms with Crippen LogP contribution >= 0.6 is 0 Å². The van der Waals surface area contributed by atoms with Gasteiger partial charge in [0.2, 0.25) is 10.0 Å². The Morgan fingerprint density at radius 1 is 1.17 bits per heavy atom. The Balaban J connectivity index is 1.78. The lowest BCUT2D eigenvalue weighted by Gasteiger charge is -2.36. The Labute approximate surface area is 143 Å². The first-order valence-corrected chi connectivity index (χ1v) is 10.0. The van der Waals surface area contributed by atoms with Crippen molar-refractivity contribution in [2.75, 3.05) is 31.3 Å². The molecule has 0 spiro atoms. The summed E-state index contributed by atoms with van der Waals surface area (Å²) in [4.78, 5) is 11.5. The molecule has 0 bridgehead atoms. The Morgan fingerprint density at radius 3 is 2.46 bits per heavy atom. The zero-order valence-corrected chi connectivity index (χ0v) is 15.5. The molecule has 130 valence electrons. The van der Waals surface area contributed by atoms with Crippen LogP contribution in [-0.2, 0) is 10.0 Å². The van der Waals surface area contributed by atoms with Crippen LogP contribution in [0.15, 0.2) is 18.2 Å². The van der Waals surface area contributed by atoms with Crippen molar-refractivity contribution < 1.29 is 8.42 Å². The van der Waals surface area contributed by atoms with Crippen molar-refractivity contribution in [2.45, 2.75) is 32.7 Å². The van der Waals surface area contributed by atoms with E-state index in [2.05, 4.69) is 28.9 Å². The van der Waals surface area contributed by atoms with Crippen LogP contribution in [-0.4, -0.2) is 55.1 Å². The average Bonchev–Trinajstić information content (AvgIpc) is 2.52. The molecule has 2 aromatic rings. The monoisotopic (exact) mass is 348 g/mol. The molecule has 0 saturated carbocycles. The van der Waals surface area contributed by atoms with E-state index < -0.39 is 10.0 Å². The molecule has 1 fully saturated rings. The second-order valence-electron chi connectivity index (χ2n) is 6.62. The van der Waals surface area contributed by atoms with E-state index in [-0.39, 0.29) is 6.04 Å². The summed E-state index contributed by atoms with van der Waals surface area (Å²) in [6, 6.07) is 6.25. The van der Waals surface area contributed by atoms with E-state index in [1.165, 1.54) is 16.1 Å². The van der Waals surface area contributed by atoms with Gasteiger partial charge < -0.3 is 4.90 Å². The Kier molecular flexibility index (Phi) is 4.48. The average molecular weight is 348 g/mol. The van der Waals surface area contributed by atoms with Crippen molar-refractivity contribution in [1.82, 2.24) is 14.3 Å². The number of pyridine rings is 2. The number of fused-ring (bicyclic) bond motifs is 1. The molecule has 24 heavy (non-hydrogen) atoms. The van der Waals surface area contributed by atoms with Gasteiger partial charge in [0, 0.05) is 37.3 Å². The predicted octanol–water partition coefficient (Wildman–Crippen LogP) is 2.11. The maximum absolute atomic E-state index is 11.7. The third-order valence-electron chi connectivity index (χ3n) is 4.82. The summed E-state index contributed by atoms with van der Waals surface area (Å²) in [5, 5.41) is 1.08. The van der Waals surface area contributed by atoms with Crippen molar-refractivity contribution in [1.29, 1.82) is 0 Å². The van der Waals surface area contributed by atoms with E-state index in [1.807, 2.05) is 13.0 Å². The summed E-state index contributed by atoms with van der Waals surface area (Å²) >= 11 is 0. The topological polar surface area (TPSA) is 66.4 Å². The van der Waals surface area contributed by atoms with Crippen LogP contribution in [0.25, 0.3) is 11.0 Å². The van der Waals surface area contributed by atoms with E-state index >= 15 is 0 Å². The molecule has 2 aromatic heterocycles. The maximum Gasteiger partial charge on any atom is 0.211 e. The first-order valence-electron chi connectivity index (χ1n) is 8.18. The number of rotatable bonds is 3. The zero-order valence-electron chi connectivity index (χ0n) is 14.7. The van der Waals surface area contributed by atoms with E-state index in [4.69, 9.17) is 4.98 Å². The molecule has 3 rings (SSSR count). The molecule has 0 aliphatic carbocycles. The quantitative estimate of drug-likeness (QED) is 0.850. The fourth-order valence-electron chi connectivity index (χ4n) is 3.33. The third kappa shape index (κ3) is 3.37. The lowest BCUT2D eigenvalue weighted by molar-refractivity contribution is 0.313. The van der Waals surface area contributed by atoms with Crippen molar-refractivity contribution in [2.24, 2.45) is 0 Å². The predicted molar refractivity (Wildman–Crippen MR) is 96.9 cm³/mol. The molecule has 0 amide bonds. The smallest absolute Gasteiger partial charge is 0.211 e. The molecule has 6 nitrogen and oxygen atoms in total. The Bertz CT molecular complexity index is 858. The van der Waals surface area contributed by atoms with Gasteiger partial charge in [-0.25, -0.2) is 22.7 Å². The van der Waals surface area contributed by atoms with Crippen LogP contribution in [0.4, 0.5) is 5.82 Å². The summed E-state index contributed by atoms with van der Waals surface area (Å²) in [5.41, 5.74) is 2.93. The normalized spacial score (nSPS) is 17.0. The summed E-state index contributed by atoms with van der Waals surface area (Å²) in [7, 11) is -1.47. The molecule has 0 radical (unpaired) electrons. The number of aromatic nitrogens is 2. The Morgan fingerprint density at radius 2 is 1.83 bits per heavy atom. The SMILES string of the molecule is Cc1cc(C)c2ccc(N3CCC(N(C)S(C)(=O)=O)CC3)nc2n1. The van der Waals surface area contributed by atoms with Crippen LogP contribution in [0.2, 0.25) is 0 Å². The summed E-state index contributed by atoms with van der Waals surface area (Å²) in [5.74, 6) is 0.917. The van der Waals surface area contributed by atoms with Gasteiger partial charge in [-0.1, -0.05) is 0 Å². The van der Waals surface area contributed by atoms with Gasteiger partial charge >= 0.3 is 0 Å². The second kappa shape index (κ2) is 6.29. The largest absolute Gasteiger partial charge is 0.356 e. The molecule has 0 unspecified atom stereocenters. The number of hydrogen-bond donors (Lipinski definition) is 0. The lowest BCUT2D eigenvalue weighted by Crippen LogP contribution is -2.45. The fourth-order valence-corrected chi connectivity index (χ4v) is 4.08. The summed E-state index contributed by atoms with van der Waals surface area (Å²) in [6.45, 7) is 5.65. The second-order valence-corrected chi connectivity index (χ2v) is 8.66. The van der Waals surface area contributed by atoms with Crippen LogP contribution < -0.4 is 4.90 Å². The van der Waals surface area contributed by atoms with Crippen molar-refractivity contribution in [3.63, 3.8) is 0 Å².